The van der Waals surface area contributed by atoms with Crippen LogP contribution in [0.3, 0.4) is 0 Å². The molecule has 4 nitrogen and oxygen atoms in total. The van der Waals surface area contributed by atoms with E-state index >= 15 is 0 Å². The summed E-state index contributed by atoms with van der Waals surface area (Å²) in [5, 5.41) is 0.894. The van der Waals surface area contributed by atoms with Crippen LogP contribution in [0.1, 0.15) is 6.42 Å². The number of benzene rings is 1. The molecule has 15 heavy (non-hydrogen) atoms. The minimum atomic E-state index is -1.07. The fourth-order valence-corrected chi connectivity index (χ4v) is 1.28. The highest BCUT2D eigenvalue weighted by molar-refractivity contribution is 6.11. The molecule has 1 aromatic carbocycles. The third-order valence-electron chi connectivity index (χ3n) is 1.96. The number of hydrogen-bond donors (Lipinski definition) is 1. The zero-order chi connectivity index (χ0) is 11.0. The number of hydrogen-bond acceptors (Lipinski definition) is 2. The average molecular weight is 212 g/mol. The van der Waals surface area contributed by atoms with Gasteiger partial charge < -0.3 is 0 Å². The van der Waals surface area contributed by atoms with Crippen LogP contribution >= 0.6 is 0 Å². The minimum absolute atomic E-state index is 0.102. The molecule has 1 fully saturated rings. The Morgan fingerprint density at radius 3 is 2.47 bits per heavy atom. The molecule has 78 valence electrons. The first-order valence-electron chi connectivity index (χ1n) is 4.15. The van der Waals surface area contributed by atoms with Crippen molar-refractivity contribution >= 4 is 17.5 Å². The number of rotatable bonds is 1. The van der Waals surface area contributed by atoms with Crippen LogP contribution in [0.2, 0.25) is 0 Å². The fraction of sp³-hybridized carbons (Fsp3) is 0.111. The number of carbonyl (C=O) groups excluding carboxylic acids is 2. The SMILES string of the molecule is O=C1CC(=O)N(c2ccc(F)c(F)c2)N1. The van der Waals surface area contributed by atoms with Gasteiger partial charge in [0, 0.05) is 6.07 Å². The van der Waals surface area contributed by atoms with E-state index in [1.54, 1.807) is 0 Å². The van der Waals surface area contributed by atoms with Gasteiger partial charge in [-0.1, -0.05) is 0 Å². The number of nitrogens with one attached hydrogen (secondary N) is 1. The molecule has 1 aliphatic heterocycles. The highest BCUT2D eigenvalue weighted by Gasteiger charge is 2.28. The summed E-state index contributed by atoms with van der Waals surface area (Å²) in [5.74, 6) is -3.03. The third kappa shape index (κ3) is 1.65. The predicted molar refractivity (Wildman–Crippen MR) is 46.6 cm³/mol. The minimum Gasteiger partial charge on any atom is -0.273 e. The summed E-state index contributed by atoms with van der Waals surface area (Å²) in [5.41, 5.74) is 2.32. The van der Waals surface area contributed by atoms with Crippen LogP contribution in [-0.4, -0.2) is 11.8 Å². The van der Waals surface area contributed by atoms with E-state index in [4.69, 9.17) is 0 Å². The van der Waals surface area contributed by atoms with Gasteiger partial charge in [0.15, 0.2) is 11.6 Å². The standard InChI is InChI=1S/C9H6F2N2O2/c10-6-2-1-5(3-7(6)11)13-9(15)4-8(14)12-13/h1-3H,4H2,(H,12,14). The first kappa shape index (κ1) is 9.57. The van der Waals surface area contributed by atoms with E-state index in [0.29, 0.717) is 0 Å². The molecule has 1 N–H and O–H groups in total. The van der Waals surface area contributed by atoms with E-state index in [1.807, 2.05) is 0 Å². The van der Waals surface area contributed by atoms with Crippen molar-refractivity contribution in [2.75, 3.05) is 5.01 Å². The van der Waals surface area contributed by atoms with Crippen molar-refractivity contribution in [1.29, 1.82) is 0 Å². The van der Waals surface area contributed by atoms with Gasteiger partial charge in [-0.05, 0) is 12.1 Å². The van der Waals surface area contributed by atoms with Gasteiger partial charge in [0.1, 0.15) is 6.42 Å². The second-order valence-electron chi connectivity index (χ2n) is 3.04. The quantitative estimate of drug-likeness (QED) is 0.698. The molecule has 6 heteroatoms. The second-order valence-corrected chi connectivity index (χ2v) is 3.04. The Balaban J connectivity index is 2.34. The maximum Gasteiger partial charge on any atom is 0.255 e. The third-order valence-corrected chi connectivity index (χ3v) is 1.96. The van der Waals surface area contributed by atoms with E-state index in [-0.39, 0.29) is 12.1 Å². The van der Waals surface area contributed by atoms with Gasteiger partial charge in [0.2, 0.25) is 5.91 Å². The number of carbonyl (C=O) groups is 2. The average Bonchev–Trinajstić information content (AvgIpc) is 2.50. The largest absolute Gasteiger partial charge is 0.273 e. The van der Waals surface area contributed by atoms with Crippen molar-refractivity contribution in [2.24, 2.45) is 0 Å². The molecule has 1 aromatic rings. The van der Waals surface area contributed by atoms with Crippen LogP contribution in [0, 0.1) is 11.6 Å². The Morgan fingerprint density at radius 1 is 1.20 bits per heavy atom. The number of anilines is 1. The molecule has 0 atom stereocenters. The van der Waals surface area contributed by atoms with E-state index < -0.39 is 23.4 Å². The summed E-state index contributed by atoms with van der Waals surface area (Å²) >= 11 is 0. The Kier molecular flexibility index (Phi) is 2.11. The van der Waals surface area contributed by atoms with Crippen molar-refractivity contribution in [2.45, 2.75) is 6.42 Å². The first-order valence-corrected chi connectivity index (χ1v) is 4.15. The van der Waals surface area contributed by atoms with Crippen LogP contribution in [0.25, 0.3) is 0 Å². The normalized spacial score (nSPS) is 15.7. The number of amides is 2. The number of nitrogens with zero attached hydrogens (tertiary/aromatic N) is 1. The van der Waals surface area contributed by atoms with Gasteiger partial charge in [0.05, 0.1) is 5.69 Å². The molecule has 1 saturated heterocycles. The molecular formula is C9H6F2N2O2. The summed E-state index contributed by atoms with van der Waals surface area (Å²) in [6.45, 7) is 0. The lowest BCUT2D eigenvalue weighted by Gasteiger charge is -2.14. The van der Waals surface area contributed by atoms with Crippen molar-refractivity contribution in [1.82, 2.24) is 5.43 Å². The molecule has 1 heterocycles. The van der Waals surface area contributed by atoms with E-state index in [2.05, 4.69) is 5.43 Å². The van der Waals surface area contributed by atoms with Gasteiger partial charge in [-0.15, -0.1) is 0 Å². The Labute approximate surface area is 83.5 Å². The zero-order valence-corrected chi connectivity index (χ0v) is 7.46. The van der Waals surface area contributed by atoms with Crippen LogP contribution in [-0.2, 0) is 9.59 Å². The van der Waals surface area contributed by atoms with Gasteiger partial charge in [-0.25, -0.2) is 13.8 Å². The summed E-state index contributed by atoms with van der Waals surface area (Å²) < 4.78 is 25.4. The summed E-state index contributed by atoms with van der Waals surface area (Å²) in [6.07, 6.45) is -0.279. The van der Waals surface area contributed by atoms with Gasteiger partial charge >= 0.3 is 0 Å². The lowest BCUT2D eigenvalue weighted by atomic mass is 10.3. The van der Waals surface area contributed by atoms with Gasteiger partial charge in [-0.2, -0.15) is 0 Å². The number of halogens is 2. The summed E-state index contributed by atoms with van der Waals surface area (Å²) in [4.78, 5) is 22.1. The Bertz CT molecular complexity index is 448. The Morgan fingerprint density at radius 2 is 1.93 bits per heavy atom. The maximum atomic E-state index is 12.8. The van der Waals surface area contributed by atoms with Crippen molar-refractivity contribution in [3.05, 3.63) is 29.8 Å². The fourth-order valence-electron chi connectivity index (χ4n) is 1.28. The lowest BCUT2D eigenvalue weighted by molar-refractivity contribution is -0.122. The van der Waals surface area contributed by atoms with E-state index in [9.17, 15) is 18.4 Å². The van der Waals surface area contributed by atoms with Crippen molar-refractivity contribution in [3.63, 3.8) is 0 Å². The van der Waals surface area contributed by atoms with Gasteiger partial charge in [0.25, 0.3) is 5.91 Å². The molecule has 1 aliphatic rings. The molecule has 0 aromatic heterocycles. The molecule has 2 rings (SSSR count). The van der Waals surface area contributed by atoms with Gasteiger partial charge in [-0.3, -0.25) is 15.0 Å². The molecule has 0 unspecified atom stereocenters. The molecule has 0 radical (unpaired) electrons. The molecular weight excluding hydrogens is 206 g/mol. The highest BCUT2D eigenvalue weighted by atomic mass is 19.2. The maximum absolute atomic E-state index is 12.8. The monoisotopic (exact) mass is 212 g/mol. The molecule has 0 spiro atoms. The van der Waals surface area contributed by atoms with Crippen molar-refractivity contribution in [3.8, 4) is 0 Å². The molecule has 0 aliphatic carbocycles. The first-order chi connectivity index (χ1) is 7.08. The Hall–Kier alpha value is -1.98. The molecule has 0 saturated carbocycles. The molecule has 0 bridgehead atoms. The topological polar surface area (TPSA) is 49.4 Å². The summed E-state index contributed by atoms with van der Waals surface area (Å²) in [7, 11) is 0. The van der Waals surface area contributed by atoms with E-state index in [0.717, 1.165) is 17.1 Å². The highest BCUT2D eigenvalue weighted by Crippen LogP contribution is 2.19. The number of hydrazine groups is 1. The van der Waals surface area contributed by atoms with Crippen LogP contribution < -0.4 is 10.4 Å². The van der Waals surface area contributed by atoms with E-state index in [1.165, 1.54) is 6.07 Å². The van der Waals surface area contributed by atoms with Crippen molar-refractivity contribution < 1.29 is 18.4 Å². The summed E-state index contributed by atoms with van der Waals surface area (Å²) in [6, 6.07) is 2.95. The smallest absolute Gasteiger partial charge is 0.255 e. The second kappa shape index (κ2) is 3.30. The van der Waals surface area contributed by atoms with Crippen LogP contribution in [0.15, 0.2) is 18.2 Å². The molecule has 2 amide bonds. The van der Waals surface area contributed by atoms with Crippen LogP contribution in [0.5, 0.6) is 0 Å². The zero-order valence-electron chi connectivity index (χ0n) is 7.46. The van der Waals surface area contributed by atoms with Crippen LogP contribution in [0.4, 0.5) is 14.5 Å². The predicted octanol–water partition coefficient (Wildman–Crippen LogP) is 0.733. The lowest BCUT2D eigenvalue weighted by Crippen LogP contribution is -2.35.